The molecule has 1 N–H and O–H groups in total. The zero-order valence-corrected chi connectivity index (χ0v) is 7.13. The minimum Gasteiger partial charge on any atom is -0.481 e. The van der Waals surface area contributed by atoms with Crippen molar-refractivity contribution in [3.63, 3.8) is 0 Å². The molecule has 0 bridgehead atoms. The van der Waals surface area contributed by atoms with Gasteiger partial charge in [-0.1, -0.05) is 0 Å². The molecule has 1 rings (SSSR count). The predicted molar refractivity (Wildman–Crippen MR) is 43.5 cm³/mol. The summed E-state index contributed by atoms with van der Waals surface area (Å²) in [7, 11) is 3.06. The van der Waals surface area contributed by atoms with E-state index in [1.165, 1.54) is 11.6 Å². The Hall–Kier alpha value is -1.04. The summed E-state index contributed by atoms with van der Waals surface area (Å²) in [5, 5.41) is 3.82. The van der Waals surface area contributed by atoms with Crippen molar-refractivity contribution in [3.8, 4) is 0 Å². The van der Waals surface area contributed by atoms with Crippen molar-refractivity contribution in [1.29, 1.82) is 0 Å². The van der Waals surface area contributed by atoms with Gasteiger partial charge in [-0.3, -0.25) is 0 Å². The molecule has 0 atom stereocenters. The quantitative estimate of drug-likeness (QED) is 0.555. The van der Waals surface area contributed by atoms with E-state index in [0.29, 0.717) is 11.8 Å². The van der Waals surface area contributed by atoms with E-state index in [0.717, 1.165) is 0 Å². The fourth-order valence-corrected chi connectivity index (χ4v) is 0.781. The molecular formula is C5H9N3O2S. The van der Waals surface area contributed by atoms with Gasteiger partial charge in [-0.15, -0.1) is 9.62 Å². The summed E-state index contributed by atoms with van der Waals surface area (Å²) in [5.74, 6) is 0.974. The molecule has 6 heteroatoms. The number of hydrogen-bond acceptors (Lipinski definition) is 6. The SMILES string of the molecule is COC1=CC(OC)=NN(S)N1. The van der Waals surface area contributed by atoms with Crippen LogP contribution in [0.25, 0.3) is 0 Å². The third kappa shape index (κ3) is 1.94. The Bertz CT molecular complexity index is 204. The number of hydrazone groups is 1. The Balaban J connectivity index is 2.71. The molecule has 0 amide bonds. The van der Waals surface area contributed by atoms with Crippen molar-refractivity contribution in [2.24, 2.45) is 5.10 Å². The Morgan fingerprint density at radius 3 is 2.82 bits per heavy atom. The van der Waals surface area contributed by atoms with Crippen molar-refractivity contribution in [3.05, 3.63) is 12.0 Å². The molecule has 0 saturated heterocycles. The van der Waals surface area contributed by atoms with Gasteiger partial charge in [-0.2, -0.15) is 0 Å². The van der Waals surface area contributed by atoms with E-state index >= 15 is 0 Å². The molecule has 1 aliphatic rings. The highest BCUT2D eigenvalue weighted by molar-refractivity contribution is 7.77. The normalized spacial score (nSPS) is 16.5. The monoisotopic (exact) mass is 175 g/mol. The van der Waals surface area contributed by atoms with Gasteiger partial charge in [0.25, 0.3) is 0 Å². The van der Waals surface area contributed by atoms with E-state index in [2.05, 4.69) is 23.3 Å². The molecule has 1 aliphatic heterocycles. The minimum atomic E-state index is 0.440. The van der Waals surface area contributed by atoms with Crippen molar-refractivity contribution in [1.82, 2.24) is 9.95 Å². The highest BCUT2D eigenvalue weighted by Gasteiger charge is 2.09. The van der Waals surface area contributed by atoms with Crippen LogP contribution in [0.3, 0.4) is 0 Å². The van der Waals surface area contributed by atoms with Gasteiger partial charge in [0, 0.05) is 0 Å². The molecular weight excluding hydrogens is 166 g/mol. The Labute approximate surface area is 70.2 Å². The van der Waals surface area contributed by atoms with Crippen LogP contribution in [0.5, 0.6) is 0 Å². The molecule has 0 aromatic carbocycles. The van der Waals surface area contributed by atoms with E-state index in [1.807, 2.05) is 0 Å². The maximum atomic E-state index is 4.89. The van der Waals surface area contributed by atoms with Crippen LogP contribution in [-0.2, 0) is 9.47 Å². The van der Waals surface area contributed by atoms with Crippen LogP contribution in [0.15, 0.2) is 17.1 Å². The van der Waals surface area contributed by atoms with Gasteiger partial charge in [0.05, 0.1) is 20.3 Å². The van der Waals surface area contributed by atoms with Crippen molar-refractivity contribution in [2.75, 3.05) is 14.2 Å². The Morgan fingerprint density at radius 2 is 2.27 bits per heavy atom. The van der Waals surface area contributed by atoms with E-state index in [-0.39, 0.29) is 0 Å². The second kappa shape index (κ2) is 3.38. The van der Waals surface area contributed by atoms with Gasteiger partial charge in [-0.25, -0.2) is 5.43 Å². The van der Waals surface area contributed by atoms with Crippen LogP contribution in [0.4, 0.5) is 0 Å². The van der Waals surface area contributed by atoms with Gasteiger partial charge in [-0.05, 0) is 12.8 Å². The zero-order valence-electron chi connectivity index (χ0n) is 6.24. The number of hydrazine groups is 1. The lowest BCUT2D eigenvalue weighted by Crippen LogP contribution is -2.31. The summed E-state index contributed by atoms with van der Waals surface area (Å²) in [6.45, 7) is 0. The molecule has 0 aromatic heterocycles. The molecule has 5 nitrogen and oxygen atoms in total. The summed E-state index contributed by atoms with van der Waals surface area (Å²) < 4.78 is 11.0. The number of hydrogen-bond donors (Lipinski definition) is 2. The number of nitrogens with one attached hydrogen (secondary N) is 1. The highest BCUT2D eigenvalue weighted by atomic mass is 32.1. The van der Waals surface area contributed by atoms with E-state index < -0.39 is 0 Å². The van der Waals surface area contributed by atoms with Gasteiger partial charge in [0.15, 0.2) is 0 Å². The number of ether oxygens (including phenoxy) is 2. The molecule has 11 heavy (non-hydrogen) atoms. The third-order valence-electron chi connectivity index (χ3n) is 1.09. The summed E-state index contributed by atoms with van der Waals surface area (Å²) in [4.78, 5) is 0. The van der Waals surface area contributed by atoms with Gasteiger partial charge < -0.3 is 9.47 Å². The highest BCUT2D eigenvalue weighted by Crippen LogP contribution is 2.04. The molecule has 0 aliphatic carbocycles. The zero-order chi connectivity index (χ0) is 8.27. The van der Waals surface area contributed by atoms with Crippen molar-refractivity contribution < 1.29 is 9.47 Å². The molecule has 0 fully saturated rings. The first-order valence-corrected chi connectivity index (χ1v) is 3.30. The first-order valence-electron chi connectivity index (χ1n) is 2.90. The number of rotatable bonds is 1. The summed E-state index contributed by atoms with van der Waals surface area (Å²) in [6, 6.07) is 0. The number of methoxy groups -OCH3 is 2. The van der Waals surface area contributed by atoms with Crippen molar-refractivity contribution in [2.45, 2.75) is 0 Å². The number of thiol groups is 1. The Morgan fingerprint density at radius 1 is 1.55 bits per heavy atom. The maximum absolute atomic E-state index is 4.89. The molecule has 62 valence electrons. The maximum Gasteiger partial charge on any atom is 0.239 e. The van der Waals surface area contributed by atoms with Crippen molar-refractivity contribution >= 4 is 18.7 Å². The second-order valence-electron chi connectivity index (χ2n) is 1.76. The predicted octanol–water partition coefficient (Wildman–Crippen LogP) is 0.0991. The number of nitrogens with zero attached hydrogens (tertiary/aromatic N) is 2. The van der Waals surface area contributed by atoms with E-state index in [1.54, 1.807) is 13.2 Å². The molecule has 0 saturated carbocycles. The van der Waals surface area contributed by atoms with Crippen LogP contribution in [0, 0.1) is 0 Å². The lowest BCUT2D eigenvalue weighted by molar-refractivity contribution is 0.205. The lowest BCUT2D eigenvalue weighted by Gasteiger charge is -2.20. The molecule has 0 aromatic rings. The van der Waals surface area contributed by atoms with Crippen LogP contribution >= 0.6 is 12.8 Å². The van der Waals surface area contributed by atoms with Gasteiger partial charge >= 0.3 is 0 Å². The second-order valence-corrected chi connectivity index (χ2v) is 2.14. The standard InChI is InChI=1S/C5H9N3O2S/c1-9-4-3-5(10-2)7-8(11)6-4/h3,6,11H,1-2H3. The average molecular weight is 175 g/mol. The van der Waals surface area contributed by atoms with Crippen LogP contribution in [-0.4, -0.2) is 24.6 Å². The fraction of sp³-hybridized carbons (Fsp3) is 0.400. The lowest BCUT2D eigenvalue weighted by atomic mass is 10.5. The smallest absolute Gasteiger partial charge is 0.239 e. The van der Waals surface area contributed by atoms with Crippen LogP contribution in [0.2, 0.25) is 0 Å². The Kier molecular flexibility index (Phi) is 2.48. The van der Waals surface area contributed by atoms with Gasteiger partial charge in [0.2, 0.25) is 11.8 Å². The van der Waals surface area contributed by atoms with Crippen LogP contribution < -0.4 is 5.43 Å². The molecule has 0 spiro atoms. The average Bonchev–Trinajstić information content (AvgIpc) is 2.03. The fourth-order valence-electron chi connectivity index (χ4n) is 0.595. The van der Waals surface area contributed by atoms with Gasteiger partial charge in [0.1, 0.15) is 0 Å². The summed E-state index contributed by atoms with van der Waals surface area (Å²) >= 11 is 3.92. The van der Waals surface area contributed by atoms with E-state index in [4.69, 9.17) is 9.47 Å². The molecule has 1 heterocycles. The summed E-state index contributed by atoms with van der Waals surface area (Å²) in [5.41, 5.74) is 2.70. The third-order valence-corrected chi connectivity index (χ3v) is 1.28. The molecule has 0 radical (unpaired) electrons. The minimum absolute atomic E-state index is 0.440. The van der Waals surface area contributed by atoms with E-state index in [9.17, 15) is 0 Å². The summed E-state index contributed by atoms with van der Waals surface area (Å²) in [6.07, 6.45) is 1.62. The molecule has 0 unspecified atom stereocenters. The topological polar surface area (TPSA) is 46.1 Å². The largest absolute Gasteiger partial charge is 0.481 e. The van der Waals surface area contributed by atoms with Crippen LogP contribution in [0.1, 0.15) is 0 Å². The first kappa shape index (κ1) is 8.06. The first-order chi connectivity index (χ1) is 5.26.